The van der Waals surface area contributed by atoms with Crippen LogP contribution < -0.4 is 7.74 Å². The van der Waals surface area contributed by atoms with Gasteiger partial charge in [0.25, 0.3) is 0 Å². The Morgan fingerprint density at radius 1 is 0.625 bits per heavy atom. The van der Waals surface area contributed by atoms with Gasteiger partial charge in [-0.3, -0.25) is 0 Å². The molecule has 0 aliphatic heterocycles. The SMILES string of the molecule is [CH2]=[Ti]([O]C(=O)CCC)([O]C(=O)CCC)([c]1cccc2c1Cc1ccccc1-2)[c]1cccc2c1Cc1ccccc1-2. The summed E-state index contributed by atoms with van der Waals surface area (Å²) in [6.07, 6.45) is 3.04. The van der Waals surface area contributed by atoms with E-state index in [2.05, 4.69) is 36.4 Å². The van der Waals surface area contributed by atoms with Gasteiger partial charge >= 0.3 is 238 Å². The number of hydrogen-bond donors (Lipinski definition) is 0. The molecule has 0 N–H and O–H groups in total. The Labute approximate surface area is 237 Å². The Hall–Kier alpha value is -3.60. The summed E-state index contributed by atoms with van der Waals surface area (Å²) in [7, 11) is 0. The van der Waals surface area contributed by atoms with Gasteiger partial charge in [-0.05, 0) is 0 Å². The first-order chi connectivity index (χ1) is 19.4. The molecule has 0 unspecified atom stereocenters. The van der Waals surface area contributed by atoms with Crippen LogP contribution in [0, 0.1) is 0 Å². The Balaban J connectivity index is 1.68. The fraction of sp³-hybridized carbons (Fsp3) is 0.229. The molecule has 0 aromatic heterocycles. The fourth-order valence-corrected chi connectivity index (χ4v) is 13.6. The van der Waals surface area contributed by atoms with Gasteiger partial charge in [0, 0.05) is 0 Å². The van der Waals surface area contributed by atoms with Crippen molar-refractivity contribution in [3.8, 4) is 22.3 Å². The van der Waals surface area contributed by atoms with Crippen molar-refractivity contribution in [3.05, 3.63) is 107 Å². The molecule has 4 aromatic carbocycles. The fourth-order valence-electron chi connectivity index (χ4n) is 6.64. The molecule has 202 valence electrons. The normalized spacial score (nSPS) is 13.2. The molecular weight excluding hydrogens is 532 g/mol. The molecular formula is C35H34O4Ti. The van der Waals surface area contributed by atoms with Crippen LogP contribution in [-0.2, 0) is 44.7 Å². The van der Waals surface area contributed by atoms with E-state index < -0.39 is 15.6 Å². The average Bonchev–Trinajstić information content (AvgIpc) is 3.51. The molecule has 2 aliphatic rings. The van der Waals surface area contributed by atoms with Crippen molar-refractivity contribution < 1.29 is 31.8 Å². The summed E-state index contributed by atoms with van der Waals surface area (Å²) in [6, 6.07) is 28.9. The molecule has 4 aromatic rings. The first-order valence-electron chi connectivity index (χ1n) is 14.3. The van der Waals surface area contributed by atoms with E-state index in [4.69, 9.17) is 11.5 Å². The summed E-state index contributed by atoms with van der Waals surface area (Å²) < 4.78 is 15.0. The van der Waals surface area contributed by atoms with Gasteiger partial charge in [0.2, 0.25) is 0 Å². The van der Waals surface area contributed by atoms with Gasteiger partial charge in [0.1, 0.15) is 0 Å². The molecule has 0 spiro atoms. The first-order valence-corrected chi connectivity index (χ1v) is 18.2. The molecule has 4 nitrogen and oxygen atoms in total. The Bertz CT molecular complexity index is 1600. The van der Waals surface area contributed by atoms with E-state index in [0.29, 0.717) is 25.7 Å². The van der Waals surface area contributed by atoms with Gasteiger partial charge < -0.3 is 0 Å². The predicted octanol–water partition coefficient (Wildman–Crippen LogP) is 6.42. The number of benzene rings is 4. The van der Waals surface area contributed by atoms with Gasteiger partial charge in [-0.15, -0.1) is 0 Å². The molecule has 0 fully saturated rings. The van der Waals surface area contributed by atoms with Crippen molar-refractivity contribution in [2.24, 2.45) is 0 Å². The van der Waals surface area contributed by atoms with Gasteiger partial charge in [-0.2, -0.15) is 0 Å². The van der Waals surface area contributed by atoms with Crippen LogP contribution in [0.5, 0.6) is 0 Å². The van der Waals surface area contributed by atoms with Crippen LogP contribution >= 0.6 is 0 Å². The molecule has 5 heteroatoms. The third-order valence-corrected chi connectivity index (χ3v) is 15.3. The standard InChI is InChI=1S/2C13H9.2C4H8O2.CH2.Ti/c2*1-3-7-12-10(5-1)9-11-6-2-4-8-13(11)12;2*1-2-3-4(5)6;;/h2*1-5,7-8H,9H2;2*2-3H2,1H3,(H,5,6);1H2;/q;;;;;+2/p-2. The quantitative estimate of drug-likeness (QED) is 0.200. The first kappa shape index (κ1) is 26.6. The van der Waals surface area contributed by atoms with Gasteiger partial charge in [-0.1, -0.05) is 0 Å². The van der Waals surface area contributed by atoms with Crippen molar-refractivity contribution >= 4 is 24.5 Å². The summed E-state index contributed by atoms with van der Waals surface area (Å²) in [6.45, 7) is 3.89. The second-order valence-electron chi connectivity index (χ2n) is 11.0. The summed E-state index contributed by atoms with van der Waals surface area (Å²) in [5.41, 5.74) is 8.97. The average molecular weight is 567 g/mol. The third kappa shape index (κ3) is 4.13. The van der Waals surface area contributed by atoms with Crippen LogP contribution in [0.15, 0.2) is 84.9 Å². The second-order valence-corrected chi connectivity index (χ2v) is 17.3. The van der Waals surface area contributed by atoms with Crippen LogP contribution in [0.4, 0.5) is 0 Å². The zero-order valence-electron chi connectivity index (χ0n) is 23.2. The van der Waals surface area contributed by atoms with E-state index in [1.807, 2.05) is 62.4 Å². The number of carbonyl (C=O) groups is 2. The van der Waals surface area contributed by atoms with Crippen LogP contribution in [0.2, 0.25) is 0 Å². The monoisotopic (exact) mass is 566 g/mol. The van der Waals surface area contributed by atoms with Crippen LogP contribution in [0.1, 0.15) is 61.8 Å². The van der Waals surface area contributed by atoms with E-state index >= 15 is 0 Å². The molecule has 2 aliphatic carbocycles. The van der Waals surface area contributed by atoms with Gasteiger partial charge in [0.15, 0.2) is 0 Å². The maximum absolute atomic E-state index is 13.6. The molecule has 0 radical (unpaired) electrons. The number of carbonyl (C=O) groups excluding carboxylic acids is 2. The zero-order chi connectivity index (χ0) is 27.9. The van der Waals surface area contributed by atoms with Crippen molar-refractivity contribution in [1.82, 2.24) is 0 Å². The predicted molar refractivity (Wildman–Crippen MR) is 158 cm³/mol. The number of hydrogen-bond acceptors (Lipinski definition) is 4. The molecule has 0 saturated heterocycles. The topological polar surface area (TPSA) is 52.6 Å². The van der Waals surface area contributed by atoms with E-state index in [9.17, 15) is 9.59 Å². The maximum atomic E-state index is 13.6. The van der Waals surface area contributed by atoms with Gasteiger partial charge in [-0.25, -0.2) is 0 Å². The van der Waals surface area contributed by atoms with E-state index in [0.717, 1.165) is 41.1 Å². The summed E-state index contributed by atoms with van der Waals surface area (Å²) in [5, 5.41) is 0. The Morgan fingerprint density at radius 2 is 1.02 bits per heavy atom. The third-order valence-electron chi connectivity index (χ3n) is 8.36. The minimum absolute atomic E-state index is 0.227. The van der Waals surface area contributed by atoms with Crippen LogP contribution in [-0.4, -0.2) is 16.8 Å². The molecule has 0 bridgehead atoms. The van der Waals surface area contributed by atoms with Crippen molar-refractivity contribution in [2.45, 2.75) is 52.4 Å². The summed E-state index contributed by atoms with van der Waals surface area (Å²) in [5.74, 6) is -0.750. The van der Waals surface area contributed by atoms with Crippen molar-refractivity contribution in [3.63, 3.8) is 0 Å². The summed E-state index contributed by atoms with van der Waals surface area (Å²) >= 11 is -5.63. The second kappa shape index (κ2) is 10.1. The zero-order valence-corrected chi connectivity index (χ0v) is 24.7. The van der Waals surface area contributed by atoms with Crippen molar-refractivity contribution in [2.75, 3.05) is 0 Å². The molecule has 6 rings (SSSR count). The van der Waals surface area contributed by atoms with E-state index in [1.165, 1.54) is 11.1 Å². The Kier molecular flexibility index (Phi) is 6.72. The van der Waals surface area contributed by atoms with E-state index in [1.54, 1.807) is 0 Å². The Morgan fingerprint density at radius 3 is 1.45 bits per heavy atom. The molecule has 40 heavy (non-hydrogen) atoms. The molecule has 0 amide bonds. The van der Waals surface area contributed by atoms with Gasteiger partial charge in [0.05, 0.1) is 0 Å². The molecule has 0 atom stereocenters. The number of fused-ring (bicyclic) bond motifs is 6. The van der Waals surface area contributed by atoms with Crippen molar-refractivity contribution in [1.29, 1.82) is 0 Å². The molecule has 0 saturated carbocycles. The van der Waals surface area contributed by atoms with E-state index in [-0.39, 0.29) is 24.8 Å². The number of rotatable bonds is 8. The van der Waals surface area contributed by atoms with Crippen LogP contribution in [0.25, 0.3) is 22.3 Å². The minimum atomic E-state index is -5.63. The van der Waals surface area contributed by atoms with Crippen LogP contribution in [0.3, 0.4) is 0 Å². The molecule has 0 heterocycles. The summed E-state index contributed by atoms with van der Waals surface area (Å²) in [4.78, 5) is 32.0.